The second-order valence-electron chi connectivity index (χ2n) is 9.48. The van der Waals surface area contributed by atoms with Gasteiger partial charge >= 0.3 is 0 Å². The van der Waals surface area contributed by atoms with Crippen molar-refractivity contribution in [3.05, 3.63) is 106 Å². The number of quaternary nitrogens is 1. The molecule has 3 aromatic rings. The lowest BCUT2D eigenvalue weighted by Gasteiger charge is -2.29. The summed E-state index contributed by atoms with van der Waals surface area (Å²) in [5.41, 5.74) is 2.76. The van der Waals surface area contributed by atoms with Crippen LogP contribution in [0.2, 0.25) is 5.02 Å². The monoisotopic (exact) mass is 532 g/mol. The van der Waals surface area contributed by atoms with Crippen molar-refractivity contribution >= 4 is 29.1 Å². The summed E-state index contributed by atoms with van der Waals surface area (Å²) in [7, 11) is 0. The van der Waals surface area contributed by atoms with Crippen LogP contribution in [0.15, 0.2) is 78.4 Å². The zero-order chi connectivity index (χ0) is 27.2. The number of Topliss-reactive ketones (excluding diaryl/α,β-unsaturated/α-hetero) is 1. The Balaban J connectivity index is 1.69. The summed E-state index contributed by atoms with van der Waals surface area (Å²) in [4.78, 5) is 29.3. The number of nitrogens with zero attached hydrogens (tertiary/aromatic N) is 1. The number of halogens is 1. The first-order valence-electron chi connectivity index (χ1n) is 13.0. The summed E-state index contributed by atoms with van der Waals surface area (Å²) >= 11 is 6.11. The Labute approximate surface area is 229 Å². The SMILES string of the molecule is CC[NH+](CC)CCN1C(=O)C(=O)C(=C([O-])c2ccc(OCc3ccccc3)cc2C)C1c1ccc(Cl)cc1. The summed E-state index contributed by atoms with van der Waals surface area (Å²) in [6.45, 7) is 9.26. The molecule has 3 aromatic carbocycles. The van der Waals surface area contributed by atoms with Gasteiger partial charge < -0.3 is 19.6 Å². The second kappa shape index (κ2) is 12.3. The minimum atomic E-state index is -0.761. The lowest BCUT2D eigenvalue weighted by Crippen LogP contribution is -3.12. The number of aryl methyl sites for hydroxylation is 1. The van der Waals surface area contributed by atoms with Crippen LogP contribution in [0.5, 0.6) is 5.75 Å². The van der Waals surface area contributed by atoms with Crippen LogP contribution in [0.25, 0.3) is 5.76 Å². The minimum Gasteiger partial charge on any atom is -0.872 e. The molecule has 1 unspecified atom stereocenters. The number of carbonyl (C=O) groups excluding carboxylic acids is 2. The molecule has 0 saturated carbocycles. The van der Waals surface area contributed by atoms with E-state index in [4.69, 9.17) is 16.3 Å². The third-order valence-electron chi connectivity index (χ3n) is 7.11. The quantitative estimate of drug-likeness (QED) is 0.247. The number of benzene rings is 3. The van der Waals surface area contributed by atoms with Crippen LogP contribution in [0.1, 0.15) is 42.1 Å². The van der Waals surface area contributed by atoms with E-state index in [-0.39, 0.29) is 5.57 Å². The molecule has 0 spiro atoms. The molecule has 1 saturated heterocycles. The number of hydrogen-bond donors (Lipinski definition) is 1. The van der Waals surface area contributed by atoms with Crippen molar-refractivity contribution in [2.24, 2.45) is 0 Å². The van der Waals surface area contributed by atoms with Crippen LogP contribution in [0.4, 0.5) is 0 Å². The van der Waals surface area contributed by atoms with Gasteiger partial charge in [-0.05, 0) is 67.3 Å². The fourth-order valence-electron chi connectivity index (χ4n) is 4.84. The van der Waals surface area contributed by atoms with Gasteiger partial charge in [-0.3, -0.25) is 9.59 Å². The van der Waals surface area contributed by atoms with Crippen molar-refractivity contribution in [2.75, 3.05) is 26.2 Å². The van der Waals surface area contributed by atoms with Gasteiger partial charge in [0.25, 0.3) is 5.91 Å². The van der Waals surface area contributed by atoms with E-state index in [2.05, 4.69) is 13.8 Å². The van der Waals surface area contributed by atoms with Gasteiger partial charge in [0.15, 0.2) is 0 Å². The number of likely N-dealkylation sites (N-methyl/N-ethyl adjacent to an activating group) is 1. The predicted octanol–water partition coefficient (Wildman–Crippen LogP) is 3.38. The van der Waals surface area contributed by atoms with Gasteiger partial charge in [0.05, 0.1) is 32.2 Å². The Bertz CT molecular complexity index is 1320. The number of rotatable bonds is 10. The van der Waals surface area contributed by atoms with Crippen molar-refractivity contribution < 1.29 is 24.3 Å². The maximum Gasteiger partial charge on any atom is 0.295 e. The second-order valence-corrected chi connectivity index (χ2v) is 9.92. The number of ketones is 1. The fraction of sp³-hybridized carbons (Fsp3) is 0.290. The van der Waals surface area contributed by atoms with E-state index in [1.165, 1.54) is 9.80 Å². The van der Waals surface area contributed by atoms with Crippen LogP contribution in [0, 0.1) is 6.92 Å². The van der Waals surface area contributed by atoms with Crippen molar-refractivity contribution in [3.63, 3.8) is 0 Å². The number of amides is 1. The number of nitrogens with one attached hydrogen (secondary N) is 1. The van der Waals surface area contributed by atoms with Gasteiger partial charge in [0.1, 0.15) is 12.4 Å². The van der Waals surface area contributed by atoms with E-state index in [1.54, 1.807) is 42.5 Å². The molecule has 0 aliphatic carbocycles. The van der Waals surface area contributed by atoms with Crippen LogP contribution >= 0.6 is 11.6 Å². The molecule has 1 aliphatic heterocycles. The Morgan fingerprint density at radius 1 is 1.00 bits per heavy atom. The number of ether oxygens (including phenoxy) is 1. The van der Waals surface area contributed by atoms with E-state index in [0.29, 0.717) is 47.2 Å². The van der Waals surface area contributed by atoms with Gasteiger partial charge in [-0.2, -0.15) is 0 Å². The van der Waals surface area contributed by atoms with Gasteiger partial charge in [0.2, 0.25) is 5.78 Å². The molecule has 1 fully saturated rings. The molecule has 7 heteroatoms. The Morgan fingerprint density at radius 2 is 1.68 bits per heavy atom. The smallest absolute Gasteiger partial charge is 0.295 e. The molecule has 1 heterocycles. The highest BCUT2D eigenvalue weighted by Gasteiger charge is 2.44. The molecule has 1 amide bonds. The van der Waals surface area contributed by atoms with Gasteiger partial charge in [0, 0.05) is 10.6 Å². The average Bonchev–Trinajstić information content (AvgIpc) is 3.18. The molecule has 38 heavy (non-hydrogen) atoms. The molecule has 1 atom stereocenters. The summed E-state index contributed by atoms with van der Waals surface area (Å²) in [5, 5.41) is 14.4. The highest BCUT2D eigenvalue weighted by Crippen LogP contribution is 2.39. The molecule has 4 rings (SSSR count). The maximum atomic E-state index is 13.9. The van der Waals surface area contributed by atoms with E-state index in [1.807, 2.05) is 37.3 Å². The van der Waals surface area contributed by atoms with E-state index in [9.17, 15) is 14.7 Å². The summed E-state index contributed by atoms with van der Waals surface area (Å²) in [6, 6.07) is 21.2. The van der Waals surface area contributed by atoms with Crippen molar-refractivity contribution in [2.45, 2.75) is 33.4 Å². The first-order valence-corrected chi connectivity index (χ1v) is 13.3. The molecule has 1 N–H and O–H groups in total. The molecular weight excluding hydrogens is 500 g/mol. The van der Waals surface area contributed by atoms with Crippen LogP contribution in [0.3, 0.4) is 0 Å². The van der Waals surface area contributed by atoms with Gasteiger partial charge in [-0.1, -0.05) is 65.9 Å². The third kappa shape index (κ3) is 5.93. The van der Waals surface area contributed by atoms with Crippen LogP contribution in [-0.4, -0.2) is 42.8 Å². The largest absolute Gasteiger partial charge is 0.872 e. The molecule has 0 bridgehead atoms. The molecule has 198 valence electrons. The normalized spacial score (nSPS) is 16.9. The Morgan fingerprint density at radius 3 is 2.32 bits per heavy atom. The molecule has 0 aromatic heterocycles. The van der Waals surface area contributed by atoms with E-state index in [0.717, 1.165) is 18.7 Å². The maximum absolute atomic E-state index is 13.9. The Hall–Kier alpha value is -3.61. The molecular formula is C31H33ClN2O4. The van der Waals surface area contributed by atoms with Gasteiger partial charge in [-0.25, -0.2) is 0 Å². The summed E-state index contributed by atoms with van der Waals surface area (Å²) in [6.07, 6.45) is 0. The first kappa shape index (κ1) is 27.4. The van der Waals surface area contributed by atoms with Crippen molar-refractivity contribution in [1.29, 1.82) is 0 Å². The average molecular weight is 533 g/mol. The van der Waals surface area contributed by atoms with Crippen molar-refractivity contribution in [1.82, 2.24) is 4.90 Å². The standard InChI is InChI=1S/C31H33ClN2O4/c1-4-33(5-2)17-18-34-28(23-11-13-24(32)14-12-23)27(30(36)31(34)37)29(35)26-16-15-25(19-21(26)3)38-20-22-9-7-6-8-10-22/h6-16,19,28,35H,4-5,17-18,20H2,1-3H3. The number of hydrogen-bond acceptors (Lipinski definition) is 4. The lowest BCUT2D eigenvalue weighted by molar-refractivity contribution is -0.895. The molecule has 6 nitrogen and oxygen atoms in total. The van der Waals surface area contributed by atoms with Crippen LogP contribution in [-0.2, 0) is 16.2 Å². The fourth-order valence-corrected chi connectivity index (χ4v) is 4.97. The summed E-state index contributed by atoms with van der Waals surface area (Å²) in [5.74, 6) is -1.19. The Kier molecular flexibility index (Phi) is 8.87. The van der Waals surface area contributed by atoms with Crippen LogP contribution < -0.4 is 14.7 Å². The zero-order valence-corrected chi connectivity index (χ0v) is 22.8. The summed E-state index contributed by atoms with van der Waals surface area (Å²) < 4.78 is 5.90. The van der Waals surface area contributed by atoms with Gasteiger partial charge in [-0.15, -0.1) is 0 Å². The topological polar surface area (TPSA) is 74.1 Å². The lowest BCUT2D eigenvalue weighted by atomic mass is 9.94. The number of carbonyl (C=O) groups is 2. The minimum absolute atomic E-state index is 0.0204. The third-order valence-corrected chi connectivity index (χ3v) is 7.36. The van der Waals surface area contributed by atoms with E-state index >= 15 is 0 Å². The zero-order valence-electron chi connectivity index (χ0n) is 22.0. The molecule has 0 radical (unpaired) electrons. The first-order chi connectivity index (χ1) is 18.3. The van der Waals surface area contributed by atoms with E-state index < -0.39 is 23.5 Å². The number of likely N-dealkylation sites (tertiary alicyclic amines) is 1. The molecule has 1 aliphatic rings. The highest BCUT2D eigenvalue weighted by atomic mass is 35.5. The predicted molar refractivity (Wildman–Crippen MR) is 147 cm³/mol. The highest BCUT2D eigenvalue weighted by molar-refractivity contribution is 6.46. The van der Waals surface area contributed by atoms with Crippen molar-refractivity contribution in [3.8, 4) is 5.75 Å².